The number of hydrogen-bond donors (Lipinski definition) is 3. The first-order valence-corrected chi connectivity index (χ1v) is 6.05. The van der Waals surface area contributed by atoms with Gasteiger partial charge in [0, 0.05) is 32.3 Å². The van der Waals surface area contributed by atoms with Crippen molar-refractivity contribution in [2.75, 3.05) is 12.3 Å². The number of nitrogens with zero attached hydrogens (tertiary/aromatic N) is 1. The number of aromatic nitrogens is 1. The quantitative estimate of drug-likeness (QED) is 0.687. The fraction of sp³-hybridized carbons (Fsp3) is 0.500. The topological polar surface area (TPSA) is 89.2 Å². The molecule has 6 nitrogen and oxygen atoms in total. The Bertz CT molecular complexity index is 463. The Morgan fingerprint density at radius 1 is 1.50 bits per heavy atom. The Morgan fingerprint density at radius 2 is 2.22 bits per heavy atom. The number of amides is 2. The first kappa shape index (κ1) is 12.5. The fourth-order valence-electron chi connectivity index (χ4n) is 1.72. The lowest BCUT2D eigenvalue weighted by atomic mass is 10.3. The molecule has 1 aromatic rings. The van der Waals surface area contributed by atoms with E-state index in [4.69, 9.17) is 5.73 Å². The fourth-order valence-corrected chi connectivity index (χ4v) is 1.72. The smallest absolute Gasteiger partial charge is 0.267 e. The van der Waals surface area contributed by atoms with E-state index in [1.165, 1.54) is 0 Å². The number of carbonyl (C=O) groups excluding carboxylic acids is 2. The summed E-state index contributed by atoms with van der Waals surface area (Å²) < 4.78 is 1.66. The van der Waals surface area contributed by atoms with Gasteiger partial charge in [-0.25, -0.2) is 0 Å². The number of anilines is 1. The summed E-state index contributed by atoms with van der Waals surface area (Å²) in [7, 11) is 1.76. The van der Waals surface area contributed by atoms with Crippen molar-refractivity contribution in [1.29, 1.82) is 0 Å². The van der Waals surface area contributed by atoms with E-state index >= 15 is 0 Å². The second-order valence-electron chi connectivity index (χ2n) is 4.62. The molecule has 0 atom stereocenters. The van der Waals surface area contributed by atoms with Crippen LogP contribution in [0.25, 0.3) is 0 Å². The highest BCUT2D eigenvalue weighted by Gasteiger charge is 2.22. The second-order valence-corrected chi connectivity index (χ2v) is 4.62. The molecule has 0 saturated heterocycles. The van der Waals surface area contributed by atoms with Crippen LogP contribution in [0.3, 0.4) is 0 Å². The van der Waals surface area contributed by atoms with E-state index in [-0.39, 0.29) is 11.8 Å². The zero-order chi connectivity index (χ0) is 13.1. The van der Waals surface area contributed by atoms with E-state index < -0.39 is 0 Å². The maximum absolute atomic E-state index is 11.8. The number of rotatable bonds is 5. The molecule has 4 N–H and O–H groups in total. The summed E-state index contributed by atoms with van der Waals surface area (Å²) in [5.41, 5.74) is 6.64. The average Bonchev–Trinajstić information content (AvgIpc) is 3.02. The minimum absolute atomic E-state index is 0.0100. The van der Waals surface area contributed by atoms with Crippen LogP contribution in [0.15, 0.2) is 12.3 Å². The van der Waals surface area contributed by atoms with Crippen molar-refractivity contribution in [2.45, 2.75) is 25.3 Å². The van der Waals surface area contributed by atoms with E-state index in [1.54, 1.807) is 23.9 Å². The molecule has 1 aliphatic rings. The zero-order valence-electron chi connectivity index (χ0n) is 10.4. The van der Waals surface area contributed by atoms with Gasteiger partial charge >= 0.3 is 0 Å². The van der Waals surface area contributed by atoms with E-state index in [1.807, 2.05) is 0 Å². The van der Waals surface area contributed by atoms with Gasteiger partial charge in [-0.1, -0.05) is 0 Å². The van der Waals surface area contributed by atoms with Crippen LogP contribution in [0.5, 0.6) is 0 Å². The number of nitrogens with two attached hydrogens (primary N) is 1. The van der Waals surface area contributed by atoms with Crippen LogP contribution in [0.1, 0.15) is 29.8 Å². The largest absolute Gasteiger partial charge is 0.397 e. The van der Waals surface area contributed by atoms with E-state index in [0.29, 0.717) is 30.4 Å². The van der Waals surface area contributed by atoms with Gasteiger partial charge in [-0.2, -0.15) is 0 Å². The lowest BCUT2D eigenvalue weighted by Crippen LogP contribution is -2.32. The lowest BCUT2D eigenvalue weighted by Gasteiger charge is -2.06. The number of aryl methyl sites for hydroxylation is 1. The Balaban J connectivity index is 1.74. The predicted molar refractivity (Wildman–Crippen MR) is 67.9 cm³/mol. The summed E-state index contributed by atoms with van der Waals surface area (Å²) in [6, 6.07) is 1.97. The maximum Gasteiger partial charge on any atom is 0.267 e. The number of hydrogen-bond acceptors (Lipinski definition) is 3. The van der Waals surface area contributed by atoms with Gasteiger partial charge < -0.3 is 20.9 Å². The molecule has 98 valence electrons. The van der Waals surface area contributed by atoms with Crippen LogP contribution in [0.4, 0.5) is 5.69 Å². The summed E-state index contributed by atoms with van der Waals surface area (Å²) in [6.07, 6.45) is 4.12. The summed E-state index contributed by atoms with van der Waals surface area (Å²) in [5.74, 6) is -0.224. The van der Waals surface area contributed by atoms with Crippen LogP contribution in [0, 0.1) is 0 Å². The van der Waals surface area contributed by atoms with Gasteiger partial charge in [-0.3, -0.25) is 9.59 Å². The third-order valence-electron chi connectivity index (χ3n) is 2.84. The molecule has 0 bridgehead atoms. The molecular formula is C12H18N4O2. The average molecular weight is 250 g/mol. The van der Waals surface area contributed by atoms with Crippen molar-refractivity contribution in [1.82, 2.24) is 15.2 Å². The van der Waals surface area contributed by atoms with Gasteiger partial charge in [-0.05, 0) is 18.9 Å². The molecule has 1 saturated carbocycles. The normalized spacial score (nSPS) is 14.3. The van der Waals surface area contributed by atoms with Crippen molar-refractivity contribution in [3.05, 3.63) is 18.0 Å². The van der Waals surface area contributed by atoms with Crippen LogP contribution >= 0.6 is 0 Å². The molecule has 1 aromatic heterocycles. The Labute approximate surface area is 106 Å². The first-order valence-electron chi connectivity index (χ1n) is 6.05. The second kappa shape index (κ2) is 5.12. The van der Waals surface area contributed by atoms with Crippen molar-refractivity contribution in [2.24, 2.45) is 7.05 Å². The molecular weight excluding hydrogens is 232 g/mol. The molecule has 0 spiro atoms. The molecule has 1 fully saturated rings. The zero-order valence-corrected chi connectivity index (χ0v) is 10.4. The number of nitrogen functional groups attached to an aromatic ring is 1. The summed E-state index contributed by atoms with van der Waals surface area (Å²) in [5, 5.41) is 5.57. The third kappa shape index (κ3) is 3.26. The molecule has 2 amide bonds. The molecule has 0 radical (unpaired) electrons. The summed E-state index contributed by atoms with van der Waals surface area (Å²) in [4.78, 5) is 23.2. The summed E-state index contributed by atoms with van der Waals surface area (Å²) in [6.45, 7) is 0.336. The Hall–Kier alpha value is -1.98. The molecule has 0 aromatic carbocycles. The van der Waals surface area contributed by atoms with Crippen LogP contribution in [-0.4, -0.2) is 29.0 Å². The Kier molecular flexibility index (Phi) is 3.55. The minimum atomic E-state index is -0.214. The van der Waals surface area contributed by atoms with Gasteiger partial charge in [0.25, 0.3) is 5.91 Å². The van der Waals surface area contributed by atoms with Gasteiger partial charge in [-0.15, -0.1) is 0 Å². The highest BCUT2D eigenvalue weighted by Crippen LogP contribution is 2.18. The molecule has 1 heterocycles. The van der Waals surface area contributed by atoms with Gasteiger partial charge in [0.05, 0.1) is 5.69 Å². The monoisotopic (exact) mass is 250 g/mol. The third-order valence-corrected chi connectivity index (χ3v) is 2.84. The molecule has 18 heavy (non-hydrogen) atoms. The van der Waals surface area contributed by atoms with Gasteiger partial charge in [0.1, 0.15) is 5.69 Å². The molecule has 1 aliphatic carbocycles. The van der Waals surface area contributed by atoms with Crippen LogP contribution in [-0.2, 0) is 11.8 Å². The van der Waals surface area contributed by atoms with Gasteiger partial charge in [0.2, 0.25) is 5.91 Å². The Morgan fingerprint density at radius 3 is 2.78 bits per heavy atom. The molecule has 0 unspecified atom stereocenters. The van der Waals surface area contributed by atoms with E-state index in [0.717, 1.165) is 12.8 Å². The molecule has 0 aliphatic heterocycles. The van der Waals surface area contributed by atoms with Crippen LogP contribution in [0.2, 0.25) is 0 Å². The van der Waals surface area contributed by atoms with E-state index in [2.05, 4.69) is 10.6 Å². The standard InChI is InChI=1S/C12H18N4O2/c1-16-7-8(13)6-10(16)12(18)14-5-4-11(17)15-9-2-3-9/h6-7,9H,2-5,13H2,1H3,(H,14,18)(H,15,17). The van der Waals surface area contributed by atoms with Crippen molar-refractivity contribution >= 4 is 17.5 Å². The van der Waals surface area contributed by atoms with Crippen molar-refractivity contribution in [3.8, 4) is 0 Å². The molecule has 6 heteroatoms. The molecule has 2 rings (SSSR count). The summed E-state index contributed by atoms with van der Waals surface area (Å²) >= 11 is 0. The minimum Gasteiger partial charge on any atom is -0.397 e. The first-order chi connectivity index (χ1) is 8.56. The highest BCUT2D eigenvalue weighted by atomic mass is 16.2. The lowest BCUT2D eigenvalue weighted by molar-refractivity contribution is -0.121. The number of carbonyl (C=O) groups is 2. The SMILES string of the molecule is Cn1cc(N)cc1C(=O)NCCC(=O)NC1CC1. The predicted octanol–water partition coefficient (Wildman–Crippen LogP) is 0.00580. The van der Waals surface area contributed by atoms with Gasteiger partial charge in [0.15, 0.2) is 0 Å². The highest BCUT2D eigenvalue weighted by molar-refractivity contribution is 5.94. The van der Waals surface area contributed by atoms with Crippen molar-refractivity contribution < 1.29 is 9.59 Å². The number of nitrogens with one attached hydrogen (secondary N) is 2. The van der Waals surface area contributed by atoms with E-state index in [9.17, 15) is 9.59 Å². The maximum atomic E-state index is 11.8. The van der Waals surface area contributed by atoms with Crippen molar-refractivity contribution in [3.63, 3.8) is 0 Å². The van der Waals surface area contributed by atoms with Crippen LogP contribution < -0.4 is 16.4 Å².